The topological polar surface area (TPSA) is 70.8 Å². The molecule has 0 spiro atoms. The standard InChI is InChI=1S/C18H17NO4/c1-2-19-16-8-4-3-7-15(16)18(22,17(19)21)12-13(20)9-10-14-6-5-11-23-14/h3-11,22H,2,12H2,1H3/b10-9+/t18-/m0/s1. The van der Waals surface area contributed by atoms with Crippen molar-refractivity contribution < 1.29 is 19.1 Å². The van der Waals surface area contributed by atoms with E-state index >= 15 is 0 Å². The van der Waals surface area contributed by atoms with Gasteiger partial charge in [-0.05, 0) is 37.3 Å². The fraction of sp³-hybridized carbons (Fsp3) is 0.222. The summed E-state index contributed by atoms with van der Waals surface area (Å²) in [5.74, 6) is -0.260. The summed E-state index contributed by atoms with van der Waals surface area (Å²) in [6.45, 7) is 2.27. The van der Waals surface area contributed by atoms with Gasteiger partial charge in [0, 0.05) is 12.1 Å². The van der Waals surface area contributed by atoms with E-state index in [0.29, 0.717) is 23.6 Å². The molecule has 118 valence electrons. The Morgan fingerprint density at radius 3 is 2.78 bits per heavy atom. The Morgan fingerprint density at radius 2 is 2.09 bits per heavy atom. The van der Waals surface area contributed by atoms with Crippen LogP contribution in [-0.2, 0) is 15.2 Å². The van der Waals surface area contributed by atoms with E-state index in [1.807, 2.05) is 6.92 Å². The number of carbonyl (C=O) groups is 2. The van der Waals surface area contributed by atoms with Gasteiger partial charge < -0.3 is 14.4 Å². The highest BCUT2D eigenvalue weighted by Crippen LogP contribution is 2.42. The summed E-state index contributed by atoms with van der Waals surface area (Å²) in [7, 11) is 0. The molecule has 5 heteroatoms. The molecule has 2 aromatic rings. The number of hydrogen-bond donors (Lipinski definition) is 1. The van der Waals surface area contributed by atoms with Crippen molar-refractivity contribution in [2.75, 3.05) is 11.4 Å². The van der Waals surface area contributed by atoms with E-state index in [2.05, 4.69) is 0 Å². The fourth-order valence-corrected chi connectivity index (χ4v) is 2.86. The zero-order chi connectivity index (χ0) is 16.4. The Bertz CT molecular complexity index is 763. The maximum absolute atomic E-state index is 12.6. The molecule has 0 fully saturated rings. The lowest BCUT2D eigenvalue weighted by Crippen LogP contribution is -2.41. The average Bonchev–Trinajstić information content (AvgIpc) is 3.13. The molecular formula is C18H17NO4. The smallest absolute Gasteiger partial charge is 0.264 e. The first-order valence-corrected chi connectivity index (χ1v) is 7.44. The second-order valence-electron chi connectivity index (χ2n) is 5.42. The second kappa shape index (κ2) is 5.85. The molecule has 0 aliphatic carbocycles. The van der Waals surface area contributed by atoms with Crippen LogP contribution in [0.3, 0.4) is 0 Å². The average molecular weight is 311 g/mol. The van der Waals surface area contributed by atoms with E-state index in [-0.39, 0.29) is 12.2 Å². The Kier molecular flexibility index (Phi) is 3.88. The number of hydrogen-bond acceptors (Lipinski definition) is 4. The second-order valence-corrected chi connectivity index (χ2v) is 5.42. The molecule has 0 saturated heterocycles. The highest BCUT2D eigenvalue weighted by molar-refractivity contribution is 6.10. The molecule has 1 aliphatic heterocycles. The van der Waals surface area contributed by atoms with Gasteiger partial charge in [-0.1, -0.05) is 18.2 Å². The van der Waals surface area contributed by atoms with Crippen molar-refractivity contribution in [2.24, 2.45) is 0 Å². The quantitative estimate of drug-likeness (QED) is 0.861. The van der Waals surface area contributed by atoms with Crippen LogP contribution in [0.25, 0.3) is 6.08 Å². The van der Waals surface area contributed by atoms with Crippen LogP contribution in [0.15, 0.2) is 53.2 Å². The molecule has 1 N–H and O–H groups in total. The van der Waals surface area contributed by atoms with Crippen LogP contribution < -0.4 is 4.90 Å². The van der Waals surface area contributed by atoms with Gasteiger partial charge >= 0.3 is 0 Å². The van der Waals surface area contributed by atoms with E-state index in [9.17, 15) is 14.7 Å². The van der Waals surface area contributed by atoms with Crippen LogP contribution in [0.1, 0.15) is 24.7 Å². The van der Waals surface area contributed by atoms with Crippen molar-refractivity contribution in [1.29, 1.82) is 0 Å². The molecule has 1 aromatic heterocycles. The molecule has 0 saturated carbocycles. The van der Waals surface area contributed by atoms with Gasteiger partial charge in [0.25, 0.3) is 5.91 Å². The summed E-state index contributed by atoms with van der Waals surface area (Å²) in [5.41, 5.74) is -0.672. The molecule has 1 aliphatic rings. The van der Waals surface area contributed by atoms with Gasteiger partial charge in [-0.25, -0.2) is 0 Å². The molecule has 3 rings (SSSR count). The van der Waals surface area contributed by atoms with E-state index in [1.165, 1.54) is 23.3 Å². The van der Waals surface area contributed by atoms with Gasteiger partial charge in [0.05, 0.1) is 18.4 Å². The number of nitrogens with zero attached hydrogens (tertiary/aromatic N) is 1. The summed E-state index contributed by atoms with van der Waals surface area (Å²) >= 11 is 0. The SMILES string of the molecule is CCN1C(=O)[C@](O)(CC(=O)/C=C/c2ccco2)c2ccccc21. The summed E-state index contributed by atoms with van der Waals surface area (Å²) < 4.78 is 5.11. The number of rotatable bonds is 5. The Morgan fingerprint density at radius 1 is 1.30 bits per heavy atom. The lowest BCUT2D eigenvalue weighted by atomic mass is 9.90. The van der Waals surface area contributed by atoms with Crippen molar-refractivity contribution >= 4 is 23.5 Å². The predicted molar refractivity (Wildman–Crippen MR) is 85.7 cm³/mol. The number of amides is 1. The minimum atomic E-state index is -1.81. The number of carbonyl (C=O) groups excluding carboxylic acids is 2. The van der Waals surface area contributed by atoms with Crippen LogP contribution in [0.5, 0.6) is 0 Å². The molecule has 0 unspecified atom stereocenters. The highest BCUT2D eigenvalue weighted by atomic mass is 16.3. The number of fused-ring (bicyclic) bond motifs is 1. The van der Waals surface area contributed by atoms with Crippen LogP contribution in [0, 0.1) is 0 Å². The van der Waals surface area contributed by atoms with Crippen molar-refractivity contribution in [3.8, 4) is 0 Å². The Labute approximate surface area is 133 Å². The maximum atomic E-state index is 12.6. The first kappa shape index (κ1) is 15.2. The Hall–Kier alpha value is -2.66. The monoisotopic (exact) mass is 311 g/mol. The number of benzene rings is 1. The number of ketones is 1. The lowest BCUT2D eigenvalue weighted by molar-refractivity contribution is -0.140. The van der Waals surface area contributed by atoms with E-state index in [4.69, 9.17) is 4.42 Å². The molecule has 0 bridgehead atoms. The van der Waals surface area contributed by atoms with Crippen molar-refractivity contribution in [1.82, 2.24) is 0 Å². The zero-order valence-corrected chi connectivity index (χ0v) is 12.7. The van der Waals surface area contributed by atoms with Gasteiger partial charge in [0.15, 0.2) is 11.4 Å². The third-order valence-corrected chi connectivity index (χ3v) is 3.96. The summed E-state index contributed by atoms with van der Waals surface area (Å²) in [4.78, 5) is 26.3. The molecule has 1 amide bonds. The van der Waals surface area contributed by atoms with E-state index in [1.54, 1.807) is 36.4 Å². The lowest BCUT2D eigenvalue weighted by Gasteiger charge is -2.21. The molecular weight excluding hydrogens is 294 g/mol. The number of furan rings is 1. The van der Waals surface area contributed by atoms with Crippen LogP contribution in [0.2, 0.25) is 0 Å². The highest BCUT2D eigenvalue weighted by Gasteiger charge is 2.49. The largest absolute Gasteiger partial charge is 0.465 e. The predicted octanol–water partition coefficient (Wildman–Crippen LogP) is 2.51. The van der Waals surface area contributed by atoms with Gasteiger partial charge in [0.2, 0.25) is 0 Å². The van der Waals surface area contributed by atoms with Crippen molar-refractivity contribution in [2.45, 2.75) is 18.9 Å². The summed E-state index contributed by atoms with van der Waals surface area (Å²) in [6.07, 6.45) is 4.06. The third-order valence-electron chi connectivity index (χ3n) is 3.96. The Balaban J connectivity index is 1.86. The number of anilines is 1. The van der Waals surface area contributed by atoms with Gasteiger partial charge in [-0.15, -0.1) is 0 Å². The maximum Gasteiger partial charge on any atom is 0.264 e. The van der Waals surface area contributed by atoms with E-state index < -0.39 is 11.5 Å². The van der Waals surface area contributed by atoms with Crippen LogP contribution in [-0.4, -0.2) is 23.3 Å². The van der Waals surface area contributed by atoms with E-state index in [0.717, 1.165) is 0 Å². The number of para-hydroxylation sites is 1. The molecule has 23 heavy (non-hydrogen) atoms. The molecule has 2 heterocycles. The fourth-order valence-electron chi connectivity index (χ4n) is 2.86. The van der Waals surface area contributed by atoms with Crippen molar-refractivity contribution in [3.63, 3.8) is 0 Å². The molecule has 5 nitrogen and oxygen atoms in total. The number of allylic oxidation sites excluding steroid dienone is 1. The summed E-state index contributed by atoms with van der Waals surface area (Å²) in [5, 5.41) is 10.9. The molecule has 1 atom stereocenters. The number of likely N-dealkylation sites (N-methyl/N-ethyl adjacent to an activating group) is 1. The minimum Gasteiger partial charge on any atom is -0.465 e. The van der Waals surface area contributed by atoms with Crippen LogP contribution >= 0.6 is 0 Å². The summed E-state index contributed by atoms with van der Waals surface area (Å²) in [6, 6.07) is 10.4. The van der Waals surface area contributed by atoms with Gasteiger partial charge in [-0.3, -0.25) is 9.59 Å². The van der Waals surface area contributed by atoms with Crippen molar-refractivity contribution in [3.05, 3.63) is 60.1 Å². The zero-order valence-electron chi connectivity index (χ0n) is 12.7. The third kappa shape index (κ3) is 2.59. The molecule has 1 aromatic carbocycles. The first-order chi connectivity index (χ1) is 11.1. The molecule has 0 radical (unpaired) electrons. The first-order valence-electron chi connectivity index (χ1n) is 7.44. The van der Waals surface area contributed by atoms with Gasteiger partial charge in [-0.2, -0.15) is 0 Å². The normalized spacial score (nSPS) is 20.3. The minimum absolute atomic E-state index is 0.295. The van der Waals surface area contributed by atoms with Crippen LogP contribution in [0.4, 0.5) is 5.69 Å². The number of aliphatic hydroxyl groups is 1. The van der Waals surface area contributed by atoms with Gasteiger partial charge in [0.1, 0.15) is 5.76 Å².